The first-order chi connectivity index (χ1) is 18.0. The quantitative estimate of drug-likeness (QED) is 0.127. The molecule has 0 aromatic heterocycles. The van der Waals surface area contributed by atoms with Gasteiger partial charge in [-0.05, 0) is 66.3 Å². The van der Waals surface area contributed by atoms with Gasteiger partial charge in [0.1, 0.15) is 11.5 Å². The maximum Gasteiger partial charge on any atom is 0.314 e. The highest BCUT2D eigenvalue weighted by Gasteiger charge is 2.38. The predicted molar refractivity (Wildman–Crippen MR) is 150 cm³/mol. The van der Waals surface area contributed by atoms with Gasteiger partial charge in [0.25, 0.3) is 0 Å². The van der Waals surface area contributed by atoms with E-state index in [4.69, 9.17) is 9.47 Å². The number of esters is 1. The zero-order chi connectivity index (χ0) is 26.3. The van der Waals surface area contributed by atoms with Crippen LogP contribution in [0.4, 0.5) is 0 Å². The molecule has 3 heteroatoms. The Morgan fingerprint density at radius 1 is 0.622 bits per heavy atom. The summed E-state index contributed by atoms with van der Waals surface area (Å²) >= 11 is 0. The third-order valence-corrected chi connectivity index (χ3v) is 7.13. The van der Waals surface area contributed by atoms with E-state index in [2.05, 4.69) is 98.8 Å². The molecule has 4 aromatic rings. The minimum Gasteiger partial charge on any atom is -0.491 e. The maximum atomic E-state index is 12.4. The first-order valence-corrected chi connectivity index (χ1v) is 13.2. The zero-order valence-electron chi connectivity index (χ0n) is 22.2. The molecule has 0 N–H and O–H groups in total. The van der Waals surface area contributed by atoms with E-state index < -0.39 is 5.41 Å². The predicted octanol–water partition coefficient (Wildman–Crippen LogP) is 8.20. The second-order valence-electron chi connectivity index (χ2n) is 9.60. The van der Waals surface area contributed by atoms with Crippen LogP contribution in [0.15, 0.2) is 109 Å². The molecule has 0 spiro atoms. The SMILES string of the molecule is CCC(C)Oc1ccc(C(c2ccccc2)(c2ccccc2)c2ccc(OC(=O)C(C)CC)cc2)cc1. The summed E-state index contributed by atoms with van der Waals surface area (Å²) in [7, 11) is 0. The van der Waals surface area contributed by atoms with Crippen molar-refractivity contribution >= 4 is 5.97 Å². The minimum absolute atomic E-state index is 0.136. The van der Waals surface area contributed by atoms with Crippen molar-refractivity contribution in [1.82, 2.24) is 0 Å². The van der Waals surface area contributed by atoms with Crippen LogP contribution < -0.4 is 9.47 Å². The van der Waals surface area contributed by atoms with Gasteiger partial charge in [0.15, 0.2) is 0 Å². The van der Waals surface area contributed by atoms with Crippen LogP contribution in [0.5, 0.6) is 11.5 Å². The van der Waals surface area contributed by atoms with Crippen molar-refractivity contribution in [3.63, 3.8) is 0 Å². The third-order valence-electron chi connectivity index (χ3n) is 7.13. The molecule has 0 saturated heterocycles. The molecule has 4 rings (SSSR count). The Kier molecular flexibility index (Phi) is 8.45. The second-order valence-corrected chi connectivity index (χ2v) is 9.60. The molecule has 0 heterocycles. The van der Waals surface area contributed by atoms with Crippen LogP contribution in [0.3, 0.4) is 0 Å². The molecular formula is C34H36O3. The van der Waals surface area contributed by atoms with Crippen LogP contribution in [-0.4, -0.2) is 12.1 Å². The molecule has 0 radical (unpaired) electrons. The molecule has 0 aliphatic heterocycles. The smallest absolute Gasteiger partial charge is 0.314 e. The Hall–Kier alpha value is -3.85. The van der Waals surface area contributed by atoms with Gasteiger partial charge in [-0.25, -0.2) is 0 Å². The molecule has 0 aliphatic rings. The molecule has 3 nitrogen and oxygen atoms in total. The number of hydrogen-bond donors (Lipinski definition) is 0. The van der Waals surface area contributed by atoms with Crippen molar-refractivity contribution in [2.75, 3.05) is 0 Å². The largest absolute Gasteiger partial charge is 0.491 e. The average molecular weight is 493 g/mol. The Labute approximate surface area is 221 Å². The van der Waals surface area contributed by atoms with Crippen LogP contribution in [0, 0.1) is 5.92 Å². The molecule has 0 fully saturated rings. The van der Waals surface area contributed by atoms with Crippen molar-refractivity contribution < 1.29 is 14.3 Å². The van der Waals surface area contributed by atoms with Crippen LogP contribution in [0.2, 0.25) is 0 Å². The minimum atomic E-state index is -0.573. The Morgan fingerprint density at radius 3 is 1.49 bits per heavy atom. The van der Waals surface area contributed by atoms with Crippen molar-refractivity contribution in [2.45, 2.75) is 52.1 Å². The van der Waals surface area contributed by atoms with Gasteiger partial charge in [-0.1, -0.05) is 106 Å². The number of rotatable bonds is 10. The first kappa shape index (κ1) is 26.2. The van der Waals surface area contributed by atoms with Gasteiger partial charge in [-0.2, -0.15) is 0 Å². The number of hydrogen-bond acceptors (Lipinski definition) is 3. The zero-order valence-corrected chi connectivity index (χ0v) is 22.2. The molecule has 0 saturated carbocycles. The van der Waals surface area contributed by atoms with E-state index in [1.165, 1.54) is 0 Å². The molecule has 2 unspecified atom stereocenters. The van der Waals surface area contributed by atoms with Crippen LogP contribution in [0.1, 0.15) is 62.8 Å². The number of carbonyl (C=O) groups is 1. The van der Waals surface area contributed by atoms with E-state index in [9.17, 15) is 4.79 Å². The van der Waals surface area contributed by atoms with Gasteiger partial charge in [0, 0.05) is 0 Å². The van der Waals surface area contributed by atoms with E-state index >= 15 is 0 Å². The lowest BCUT2D eigenvalue weighted by Crippen LogP contribution is -2.31. The van der Waals surface area contributed by atoms with Gasteiger partial charge in [-0.15, -0.1) is 0 Å². The van der Waals surface area contributed by atoms with Gasteiger partial charge in [0.05, 0.1) is 17.4 Å². The Morgan fingerprint density at radius 2 is 1.05 bits per heavy atom. The number of carbonyl (C=O) groups excluding carboxylic acids is 1. The maximum absolute atomic E-state index is 12.4. The van der Waals surface area contributed by atoms with E-state index in [0.29, 0.717) is 5.75 Å². The van der Waals surface area contributed by atoms with Gasteiger partial charge in [0.2, 0.25) is 0 Å². The summed E-state index contributed by atoms with van der Waals surface area (Å²) in [6, 6.07) is 37.5. The molecule has 2 atom stereocenters. The highest BCUT2D eigenvalue weighted by atomic mass is 16.5. The standard InChI is InChI=1S/C34H36O3/c1-5-25(3)33(35)37-32-23-19-30(20-24-32)34(27-13-9-7-10-14-27,28-15-11-8-12-16-28)29-17-21-31(22-18-29)36-26(4)6-2/h7-26H,5-6H2,1-4H3. The Bertz CT molecular complexity index is 1220. The highest BCUT2D eigenvalue weighted by Crippen LogP contribution is 2.45. The summed E-state index contributed by atoms with van der Waals surface area (Å²) in [4.78, 5) is 12.4. The summed E-state index contributed by atoms with van der Waals surface area (Å²) in [5.41, 5.74) is 3.95. The van der Waals surface area contributed by atoms with E-state index in [1.807, 2.05) is 38.1 Å². The Balaban J connectivity index is 1.87. The summed E-state index contributed by atoms with van der Waals surface area (Å²) in [5.74, 6) is 1.08. The molecule has 37 heavy (non-hydrogen) atoms. The highest BCUT2D eigenvalue weighted by molar-refractivity contribution is 5.74. The summed E-state index contributed by atoms with van der Waals surface area (Å²) in [5, 5.41) is 0. The van der Waals surface area contributed by atoms with Crippen molar-refractivity contribution in [1.29, 1.82) is 0 Å². The van der Waals surface area contributed by atoms with E-state index in [1.54, 1.807) is 0 Å². The fourth-order valence-corrected chi connectivity index (χ4v) is 4.63. The molecule has 4 aromatic carbocycles. The summed E-state index contributed by atoms with van der Waals surface area (Å²) in [6.45, 7) is 8.09. The molecule has 190 valence electrons. The molecule has 0 aliphatic carbocycles. The van der Waals surface area contributed by atoms with Gasteiger partial charge >= 0.3 is 5.97 Å². The lowest BCUT2D eigenvalue weighted by Gasteiger charge is -2.37. The lowest BCUT2D eigenvalue weighted by molar-refractivity contribution is -0.138. The molecule has 0 amide bonds. The third kappa shape index (κ3) is 5.61. The van der Waals surface area contributed by atoms with Gasteiger partial charge in [-0.3, -0.25) is 4.79 Å². The fraction of sp³-hybridized carbons (Fsp3) is 0.265. The second kappa shape index (κ2) is 11.9. The van der Waals surface area contributed by atoms with Crippen LogP contribution in [0.25, 0.3) is 0 Å². The number of ether oxygens (including phenoxy) is 2. The lowest BCUT2D eigenvalue weighted by atomic mass is 9.65. The topological polar surface area (TPSA) is 35.5 Å². The number of benzene rings is 4. The van der Waals surface area contributed by atoms with E-state index in [0.717, 1.165) is 40.8 Å². The first-order valence-electron chi connectivity index (χ1n) is 13.2. The summed E-state index contributed by atoms with van der Waals surface area (Å²) in [6.07, 6.45) is 1.86. The fourth-order valence-electron chi connectivity index (χ4n) is 4.63. The van der Waals surface area contributed by atoms with Crippen LogP contribution >= 0.6 is 0 Å². The summed E-state index contributed by atoms with van der Waals surface area (Å²) < 4.78 is 11.7. The van der Waals surface area contributed by atoms with Crippen molar-refractivity contribution in [3.8, 4) is 11.5 Å². The molecule has 0 bridgehead atoms. The van der Waals surface area contributed by atoms with E-state index in [-0.39, 0.29) is 18.0 Å². The van der Waals surface area contributed by atoms with Crippen molar-refractivity contribution in [3.05, 3.63) is 131 Å². The normalized spacial score (nSPS) is 13.0. The van der Waals surface area contributed by atoms with Crippen molar-refractivity contribution in [2.24, 2.45) is 5.92 Å². The average Bonchev–Trinajstić information content (AvgIpc) is 2.95. The van der Waals surface area contributed by atoms with Gasteiger partial charge < -0.3 is 9.47 Å². The molecular weight excluding hydrogens is 456 g/mol. The monoisotopic (exact) mass is 492 g/mol. The van der Waals surface area contributed by atoms with Crippen LogP contribution in [-0.2, 0) is 10.2 Å².